The van der Waals surface area contributed by atoms with Crippen LogP contribution in [-0.2, 0) is 9.53 Å². The van der Waals surface area contributed by atoms with Crippen molar-refractivity contribution in [2.75, 3.05) is 44.2 Å². The van der Waals surface area contributed by atoms with Gasteiger partial charge in [0.05, 0.1) is 11.4 Å². The van der Waals surface area contributed by atoms with Crippen molar-refractivity contribution in [3.63, 3.8) is 0 Å². The van der Waals surface area contributed by atoms with Gasteiger partial charge in [0.25, 0.3) is 0 Å². The zero-order valence-corrected chi connectivity index (χ0v) is 17.7. The molecule has 0 saturated carbocycles. The Morgan fingerprint density at radius 1 is 1.13 bits per heavy atom. The van der Waals surface area contributed by atoms with E-state index in [-0.39, 0.29) is 12.7 Å². The fourth-order valence-corrected chi connectivity index (χ4v) is 5.01. The largest absolute Gasteiger partial charge is 0.468 e. The molecule has 0 unspecified atom stereocenters. The summed E-state index contributed by atoms with van der Waals surface area (Å²) in [5.41, 5.74) is 3.28. The predicted molar refractivity (Wildman–Crippen MR) is 121 cm³/mol. The number of amides is 1. The maximum absolute atomic E-state index is 12.6. The fourth-order valence-electron chi connectivity index (χ4n) is 4.04. The topological polar surface area (TPSA) is 50.8 Å². The first-order chi connectivity index (χ1) is 14.7. The number of ether oxygens (including phenoxy) is 2. The molecule has 1 amide bonds. The van der Waals surface area contributed by atoms with Gasteiger partial charge in [-0.1, -0.05) is 30.3 Å². The molecule has 0 spiro atoms. The molecule has 0 radical (unpaired) electrons. The van der Waals surface area contributed by atoms with Gasteiger partial charge in [0.2, 0.25) is 5.91 Å². The van der Waals surface area contributed by atoms with Crippen LogP contribution in [0.15, 0.2) is 59.5 Å². The number of hydrogen-bond acceptors (Lipinski definition) is 5. The molecule has 2 heterocycles. The quantitative estimate of drug-likeness (QED) is 0.607. The third-order valence-corrected chi connectivity index (χ3v) is 6.73. The predicted octanol–water partition coefficient (Wildman–Crippen LogP) is 4.15. The summed E-state index contributed by atoms with van der Waals surface area (Å²) in [7, 11) is 1.62. The average Bonchev–Trinajstić information content (AvgIpc) is 2.75. The Kier molecular flexibility index (Phi) is 5.37. The number of methoxy groups -OCH3 is 1. The summed E-state index contributed by atoms with van der Waals surface area (Å²) in [6.45, 7) is 2.99. The standard InChI is InChI=1S/C24H24N2O3S/c1-28-15-29-19-8-17-4-2-3-5-20(17)21(10-19)18-6-7-22-23(9-18)30-14-24(27)26(22)13-16-11-25-12-16/h2-10,16,25H,11-15H2,1H3. The second kappa shape index (κ2) is 8.30. The lowest BCUT2D eigenvalue weighted by atomic mass is 9.97. The van der Waals surface area contributed by atoms with Gasteiger partial charge < -0.3 is 19.7 Å². The highest BCUT2D eigenvalue weighted by molar-refractivity contribution is 8.00. The van der Waals surface area contributed by atoms with Crippen molar-refractivity contribution in [1.29, 1.82) is 0 Å². The van der Waals surface area contributed by atoms with Crippen molar-refractivity contribution in [1.82, 2.24) is 5.32 Å². The van der Waals surface area contributed by atoms with Crippen LogP contribution in [0.5, 0.6) is 5.75 Å². The molecular formula is C24H24N2O3S. The number of carbonyl (C=O) groups excluding carboxylic acids is 1. The van der Waals surface area contributed by atoms with E-state index in [2.05, 4.69) is 47.8 Å². The molecule has 1 fully saturated rings. The minimum absolute atomic E-state index is 0.201. The van der Waals surface area contributed by atoms with Crippen molar-refractivity contribution in [3.05, 3.63) is 54.6 Å². The lowest BCUT2D eigenvalue weighted by Crippen LogP contribution is -2.50. The van der Waals surface area contributed by atoms with Crippen LogP contribution in [-0.4, -0.2) is 45.2 Å². The lowest BCUT2D eigenvalue weighted by Gasteiger charge is -2.36. The van der Waals surface area contributed by atoms with Crippen LogP contribution in [0, 0.1) is 5.92 Å². The molecule has 3 aromatic rings. The summed E-state index contributed by atoms with van der Waals surface area (Å²) in [6.07, 6.45) is 0. The third-order valence-electron chi connectivity index (χ3n) is 5.70. The monoisotopic (exact) mass is 420 g/mol. The van der Waals surface area contributed by atoms with Crippen molar-refractivity contribution in [2.24, 2.45) is 5.92 Å². The maximum Gasteiger partial charge on any atom is 0.237 e. The van der Waals surface area contributed by atoms with Gasteiger partial charge in [-0.2, -0.15) is 0 Å². The SMILES string of the molecule is COCOc1cc(-c2ccc3c(c2)SCC(=O)N3CC2CNC2)c2ccccc2c1. The highest BCUT2D eigenvalue weighted by Crippen LogP contribution is 2.41. The van der Waals surface area contributed by atoms with Gasteiger partial charge in [0.1, 0.15) is 5.75 Å². The number of carbonyl (C=O) groups is 1. The lowest BCUT2D eigenvalue weighted by molar-refractivity contribution is -0.116. The normalized spacial score (nSPS) is 16.4. The Labute approximate surface area is 180 Å². The van der Waals surface area contributed by atoms with Gasteiger partial charge >= 0.3 is 0 Å². The molecule has 3 aromatic carbocycles. The van der Waals surface area contributed by atoms with Crippen molar-refractivity contribution >= 4 is 34.1 Å². The fraction of sp³-hybridized carbons (Fsp3) is 0.292. The number of hydrogen-bond donors (Lipinski definition) is 1. The van der Waals surface area contributed by atoms with E-state index in [1.807, 2.05) is 17.0 Å². The second-order valence-corrected chi connectivity index (χ2v) is 8.76. The van der Waals surface area contributed by atoms with Crippen LogP contribution in [0.3, 0.4) is 0 Å². The Morgan fingerprint density at radius 2 is 2.00 bits per heavy atom. The van der Waals surface area contributed by atoms with E-state index in [0.717, 1.165) is 52.5 Å². The highest BCUT2D eigenvalue weighted by Gasteiger charge is 2.29. The molecule has 0 atom stereocenters. The molecule has 0 aromatic heterocycles. The number of fused-ring (bicyclic) bond motifs is 2. The smallest absolute Gasteiger partial charge is 0.237 e. The summed E-state index contributed by atoms with van der Waals surface area (Å²) < 4.78 is 10.8. The van der Waals surface area contributed by atoms with Gasteiger partial charge in [0.15, 0.2) is 6.79 Å². The molecule has 154 valence electrons. The van der Waals surface area contributed by atoms with Crippen LogP contribution in [0.4, 0.5) is 5.69 Å². The first-order valence-corrected chi connectivity index (χ1v) is 11.1. The zero-order chi connectivity index (χ0) is 20.5. The van der Waals surface area contributed by atoms with E-state index in [1.165, 1.54) is 5.39 Å². The van der Waals surface area contributed by atoms with Crippen LogP contribution in [0.25, 0.3) is 21.9 Å². The van der Waals surface area contributed by atoms with E-state index < -0.39 is 0 Å². The van der Waals surface area contributed by atoms with Crippen LogP contribution < -0.4 is 15.0 Å². The van der Waals surface area contributed by atoms with Crippen LogP contribution >= 0.6 is 11.8 Å². The van der Waals surface area contributed by atoms with E-state index in [0.29, 0.717) is 11.7 Å². The van der Waals surface area contributed by atoms with Crippen LogP contribution in [0.2, 0.25) is 0 Å². The molecule has 6 heteroatoms. The van der Waals surface area contributed by atoms with Crippen molar-refractivity contribution in [3.8, 4) is 16.9 Å². The van der Waals surface area contributed by atoms with Gasteiger partial charge in [-0.25, -0.2) is 0 Å². The number of nitrogens with zero attached hydrogens (tertiary/aromatic N) is 1. The minimum Gasteiger partial charge on any atom is -0.468 e. The highest BCUT2D eigenvalue weighted by atomic mass is 32.2. The molecule has 0 bridgehead atoms. The molecule has 1 saturated heterocycles. The van der Waals surface area contributed by atoms with Crippen LogP contribution in [0.1, 0.15) is 0 Å². The molecule has 2 aliphatic rings. The van der Waals surface area contributed by atoms with Gasteiger partial charge in [-0.3, -0.25) is 4.79 Å². The van der Waals surface area contributed by atoms with E-state index in [4.69, 9.17) is 9.47 Å². The van der Waals surface area contributed by atoms with Crippen molar-refractivity contribution in [2.45, 2.75) is 4.90 Å². The first kappa shape index (κ1) is 19.4. The zero-order valence-electron chi connectivity index (χ0n) is 16.9. The number of nitrogens with one attached hydrogen (secondary N) is 1. The average molecular weight is 421 g/mol. The second-order valence-electron chi connectivity index (χ2n) is 7.74. The Bertz CT molecular complexity index is 1100. The number of thioether (sulfide) groups is 1. The van der Waals surface area contributed by atoms with Gasteiger partial charge in [-0.15, -0.1) is 11.8 Å². The molecule has 5 rings (SSSR count). The first-order valence-electron chi connectivity index (χ1n) is 10.2. The molecule has 5 nitrogen and oxygen atoms in total. The number of rotatable bonds is 6. The molecule has 1 N–H and O–H groups in total. The Balaban J connectivity index is 1.55. The van der Waals surface area contributed by atoms with Gasteiger partial charge in [-0.05, 0) is 46.2 Å². The molecule has 2 aliphatic heterocycles. The third kappa shape index (κ3) is 3.67. The summed E-state index contributed by atoms with van der Waals surface area (Å²) in [4.78, 5) is 15.7. The summed E-state index contributed by atoms with van der Waals surface area (Å²) >= 11 is 1.63. The maximum atomic E-state index is 12.6. The van der Waals surface area contributed by atoms with Gasteiger partial charge in [0, 0.05) is 37.6 Å². The Hall–Kier alpha value is -2.54. The minimum atomic E-state index is 0.201. The van der Waals surface area contributed by atoms with E-state index >= 15 is 0 Å². The molecular weight excluding hydrogens is 396 g/mol. The molecule has 30 heavy (non-hydrogen) atoms. The summed E-state index contributed by atoms with van der Waals surface area (Å²) in [6, 6.07) is 18.9. The summed E-state index contributed by atoms with van der Waals surface area (Å²) in [5.74, 6) is 2.02. The molecule has 0 aliphatic carbocycles. The number of anilines is 1. The van der Waals surface area contributed by atoms with E-state index in [1.54, 1.807) is 18.9 Å². The van der Waals surface area contributed by atoms with Crippen molar-refractivity contribution < 1.29 is 14.3 Å². The summed E-state index contributed by atoms with van der Waals surface area (Å²) in [5, 5.41) is 5.60. The number of benzene rings is 3. The van der Waals surface area contributed by atoms with E-state index in [9.17, 15) is 4.79 Å². The Morgan fingerprint density at radius 3 is 2.80 bits per heavy atom.